The fourth-order valence-electron chi connectivity index (χ4n) is 2.73. The Hall–Kier alpha value is -1.74. The molecule has 0 saturated carbocycles. The second-order valence-corrected chi connectivity index (χ2v) is 7.07. The second-order valence-electron chi connectivity index (χ2n) is 5.72. The van der Waals surface area contributed by atoms with Gasteiger partial charge < -0.3 is 10.6 Å². The van der Waals surface area contributed by atoms with Gasteiger partial charge in [-0.05, 0) is 17.9 Å². The van der Waals surface area contributed by atoms with Crippen molar-refractivity contribution < 1.29 is 18.0 Å². The van der Waals surface area contributed by atoms with Gasteiger partial charge in [-0.3, -0.25) is 4.79 Å². The van der Waals surface area contributed by atoms with Gasteiger partial charge in [-0.1, -0.05) is 24.6 Å². The maximum atomic E-state index is 13.6. The lowest BCUT2D eigenvalue weighted by Gasteiger charge is -2.32. The second kappa shape index (κ2) is 6.87. The number of alkyl halides is 3. The van der Waals surface area contributed by atoms with E-state index in [4.69, 9.17) is 11.6 Å². The van der Waals surface area contributed by atoms with Crippen LogP contribution in [0.2, 0.25) is 5.02 Å². The van der Waals surface area contributed by atoms with Crippen molar-refractivity contribution in [3.05, 3.63) is 33.1 Å². The number of halogens is 4. The van der Waals surface area contributed by atoms with Gasteiger partial charge in [0.1, 0.15) is 10.8 Å². The molecule has 136 valence electrons. The molecular formula is C15H16ClF3N4OS. The summed E-state index contributed by atoms with van der Waals surface area (Å²) in [5, 5.41) is 11.2. The quantitative estimate of drug-likeness (QED) is 0.810. The molecule has 1 aliphatic heterocycles. The van der Waals surface area contributed by atoms with Gasteiger partial charge in [0.25, 0.3) is 5.91 Å². The molecule has 3 heterocycles. The summed E-state index contributed by atoms with van der Waals surface area (Å²) in [4.78, 5) is 12.9. The van der Waals surface area contributed by atoms with E-state index >= 15 is 0 Å². The van der Waals surface area contributed by atoms with Gasteiger partial charge in [-0.15, -0.1) is 11.3 Å². The number of anilines is 1. The van der Waals surface area contributed by atoms with Crippen LogP contribution in [0.1, 0.15) is 47.2 Å². The highest BCUT2D eigenvalue weighted by Crippen LogP contribution is 2.46. The van der Waals surface area contributed by atoms with Crippen LogP contribution in [0.5, 0.6) is 0 Å². The number of aromatic nitrogens is 2. The summed E-state index contributed by atoms with van der Waals surface area (Å²) < 4.78 is 41.4. The maximum absolute atomic E-state index is 13.6. The first-order valence-corrected chi connectivity index (χ1v) is 9.01. The summed E-state index contributed by atoms with van der Waals surface area (Å²) in [6, 6.07) is 1.16. The molecule has 2 aromatic rings. The molecule has 0 fully saturated rings. The minimum atomic E-state index is -4.50. The predicted molar refractivity (Wildman–Crippen MR) is 90.3 cm³/mol. The highest BCUT2D eigenvalue weighted by atomic mass is 35.5. The first-order valence-electron chi connectivity index (χ1n) is 7.75. The summed E-state index contributed by atoms with van der Waals surface area (Å²) >= 11 is 7.55. The molecule has 2 atom stereocenters. The molecule has 0 aromatic carbocycles. The fraction of sp³-hybridized carbons (Fsp3) is 0.467. The molecule has 0 aliphatic carbocycles. The Bertz CT molecular complexity index is 760. The van der Waals surface area contributed by atoms with Crippen molar-refractivity contribution in [2.45, 2.75) is 38.0 Å². The van der Waals surface area contributed by atoms with E-state index in [0.29, 0.717) is 13.0 Å². The third kappa shape index (κ3) is 3.48. The van der Waals surface area contributed by atoms with E-state index in [0.717, 1.165) is 9.56 Å². The topological polar surface area (TPSA) is 59.0 Å². The Balaban J connectivity index is 2.00. The number of rotatable bonds is 4. The van der Waals surface area contributed by atoms with Crippen LogP contribution in [-0.2, 0) is 0 Å². The van der Waals surface area contributed by atoms with Crippen LogP contribution < -0.4 is 10.6 Å². The van der Waals surface area contributed by atoms with Crippen LogP contribution in [0.15, 0.2) is 17.5 Å². The van der Waals surface area contributed by atoms with Crippen LogP contribution in [-0.4, -0.2) is 28.4 Å². The van der Waals surface area contributed by atoms with E-state index in [9.17, 15) is 18.0 Å². The van der Waals surface area contributed by atoms with E-state index in [1.807, 2.05) is 6.92 Å². The summed E-state index contributed by atoms with van der Waals surface area (Å²) in [7, 11) is 0. The minimum Gasteiger partial charge on any atom is -0.361 e. The fourth-order valence-corrected chi connectivity index (χ4v) is 3.79. The largest absolute Gasteiger partial charge is 0.410 e. The van der Waals surface area contributed by atoms with Crippen LogP contribution in [0.3, 0.4) is 0 Å². The molecule has 0 unspecified atom stereocenters. The molecule has 0 saturated heterocycles. The van der Waals surface area contributed by atoms with Crippen molar-refractivity contribution in [2.24, 2.45) is 0 Å². The third-order valence-corrected chi connectivity index (χ3v) is 5.28. The molecule has 1 amide bonds. The number of nitrogens with one attached hydrogen (secondary N) is 2. The molecular weight excluding hydrogens is 377 g/mol. The molecule has 0 radical (unpaired) electrons. The predicted octanol–water partition coefficient (Wildman–Crippen LogP) is 4.40. The van der Waals surface area contributed by atoms with Crippen molar-refractivity contribution in [1.29, 1.82) is 0 Å². The molecule has 1 aliphatic rings. The summed E-state index contributed by atoms with van der Waals surface area (Å²) in [5.74, 6) is -0.556. The zero-order valence-electron chi connectivity index (χ0n) is 13.2. The number of amides is 1. The molecule has 10 heteroatoms. The van der Waals surface area contributed by atoms with Crippen LogP contribution in [0.25, 0.3) is 0 Å². The van der Waals surface area contributed by atoms with E-state index in [2.05, 4.69) is 15.7 Å². The van der Waals surface area contributed by atoms with Crippen molar-refractivity contribution in [3.63, 3.8) is 0 Å². The van der Waals surface area contributed by atoms with Gasteiger partial charge in [0, 0.05) is 17.8 Å². The third-order valence-electron chi connectivity index (χ3n) is 3.93. The molecule has 2 N–H and O–H groups in total. The minimum absolute atomic E-state index is 0.0234. The highest BCUT2D eigenvalue weighted by Gasteiger charge is 2.48. The first-order chi connectivity index (χ1) is 11.8. The molecule has 0 spiro atoms. The molecule has 5 nitrogen and oxygen atoms in total. The van der Waals surface area contributed by atoms with Gasteiger partial charge in [0.05, 0.1) is 6.04 Å². The molecule has 0 bridgehead atoms. The number of nitrogens with zero attached hydrogens (tertiary/aromatic N) is 2. The number of fused-ring (bicyclic) bond motifs is 1. The van der Waals surface area contributed by atoms with Crippen molar-refractivity contribution in [3.8, 4) is 0 Å². The lowest BCUT2D eigenvalue weighted by molar-refractivity contribution is -0.173. The summed E-state index contributed by atoms with van der Waals surface area (Å²) in [6.07, 6.45) is -4.02. The highest BCUT2D eigenvalue weighted by molar-refractivity contribution is 7.10. The van der Waals surface area contributed by atoms with E-state index in [-0.39, 0.29) is 23.0 Å². The Morgan fingerprint density at radius 1 is 1.56 bits per heavy atom. The number of hydrogen-bond donors (Lipinski definition) is 2. The average molecular weight is 393 g/mol. The molecule has 2 aromatic heterocycles. The average Bonchev–Trinajstić information content (AvgIpc) is 3.19. The zero-order chi connectivity index (χ0) is 18.2. The maximum Gasteiger partial charge on any atom is 0.410 e. The van der Waals surface area contributed by atoms with Crippen molar-refractivity contribution in [2.75, 3.05) is 11.9 Å². The number of thiophene rings is 1. The summed E-state index contributed by atoms with van der Waals surface area (Å²) in [5.41, 5.74) is -0.196. The lowest BCUT2D eigenvalue weighted by Crippen LogP contribution is -2.35. The Morgan fingerprint density at radius 2 is 2.32 bits per heavy atom. The monoisotopic (exact) mass is 392 g/mol. The standard InChI is InChI=1S/C15H16ClF3N4OS/c1-2-5-20-14(24)12-11(16)13-21-8(9-4-3-6-25-9)7-10(15(17,18)19)23(13)22-12/h3-4,6,8,10,21H,2,5,7H2,1H3,(H,20,24)/t8-,10-/m0/s1. The van der Waals surface area contributed by atoms with E-state index in [1.165, 1.54) is 11.3 Å². The van der Waals surface area contributed by atoms with Gasteiger partial charge in [0.2, 0.25) is 0 Å². The van der Waals surface area contributed by atoms with Crippen molar-refractivity contribution in [1.82, 2.24) is 15.1 Å². The van der Waals surface area contributed by atoms with Crippen LogP contribution in [0.4, 0.5) is 19.0 Å². The van der Waals surface area contributed by atoms with Crippen molar-refractivity contribution >= 4 is 34.7 Å². The Morgan fingerprint density at radius 3 is 2.92 bits per heavy atom. The summed E-state index contributed by atoms with van der Waals surface area (Å²) in [6.45, 7) is 2.26. The van der Waals surface area contributed by atoms with Gasteiger partial charge in [0.15, 0.2) is 11.7 Å². The van der Waals surface area contributed by atoms with Crippen LogP contribution in [0, 0.1) is 0 Å². The number of carbonyl (C=O) groups is 1. The zero-order valence-corrected chi connectivity index (χ0v) is 14.8. The smallest absolute Gasteiger partial charge is 0.361 e. The Labute approximate surface area is 151 Å². The first kappa shape index (κ1) is 18.1. The van der Waals surface area contributed by atoms with Gasteiger partial charge in [-0.2, -0.15) is 18.3 Å². The Kier molecular flexibility index (Phi) is 4.97. The van der Waals surface area contributed by atoms with Gasteiger partial charge >= 0.3 is 6.18 Å². The molecule has 25 heavy (non-hydrogen) atoms. The van der Waals surface area contributed by atoms with Gasteiger partial charge in [-0.25, -0.2) is 4.68 Å². The van der Waals surface area contributed by atoms with E-state index in [1.54, 1.807) is 17.5 Å². The SMILES string of the molecule is CCCNC(=O)c1nn2c(c1Cl)N[C@H](c1cccs1)C[C@H]2C(F)(F)F. The molecule has 3 rings (SSSR count). The van der Waals surface area contributed by atoms with Crippen LogP contribution >= 0.6 is 22.9 Å². The van der Waals surface area contributed by atoms with E-state index < -0.39 is 24.2 Å². The lowest BCUT2D eigenvalue weighted by atomic mass is 10.0. The normalized spacial score (nSPS) is 20.0. The number of hydrogen-bond acceptors (Lipinski definition) is 4. The number of carbonyl (C=O) groups excluding carboxylic acids is 1.